The van der Waals surface area contributed by atoms with E-state index in [1.54, 1.807) is 56.5 Å². The van der Waals surface area contributed by atoms with E-state index in [-0.39, 0.29) is 12.0 Å². The molecule has 0 aliphatic carbocycles. The number of fused-ring (bicyclic) bond motifs is 1. The highest BCUT2D eigenvalue weighted by atomic mass is 16.6. The first kappa shape index (κ1) is 21.2. The third-order valence-corrected chi connectivity index (χ3v) is 5.00. The molecule has 0 aliphatic heterocycles. The smallest absolute Gasteiger partial charge is 0.352 e. The van der Waals surface area contributed by atoms with Crippen molar-refractivity contribution in [1.29, 1.82) is 0 Å². The highest BCUT2D eigenvalue weighted by molar-refractivity contribution is 5.84. The third-order valence-electron chi connectivity index (χ3n) is 5.00. The molecule has 1 aromatic heterocycles. The predicted molar refractivity (Wildman–Crippen MR) is 121 cm³/mol. The maximum Gasteiger partial charge on any atom is 0.352 e. The fourth-order valence-corrected chi connectivity index (χ4v) is 3.47. The number of methoxy groups -OCH3 is 1. The van der Waals surface area contributed by atoms with Crippen molar-refractivity contribution in [1.82, 2.24) is 0 Å². The molecule has 1 atom stereocenters. The van der Waals surface area contributed by atoms with E-state index >= 15 is 0 Å². The van der Waals surface area contributed by atoms with Gasteiger partial charge in [-0.25, -0.2) is 4.79 Å². The van der Waals surface area contributed by atoms with Crippen LogP contribution in [0, 0.1) is 0 Å². The molecule has 162 valence electrons. The van der Waals surface area contributed by atoms with Crippen LogP contribution in [0.3, 0.4) is 0 Å². The minimum absolute atomic E-state index is 0.188. The average molecular weight is 430 g/mol. The van der Waals surface area contributed by atoms with Gasteiger partial charge in [0.25, 0.3) is 0 Å². The van der Waals surface area contributed by atoms with Gasteiger partial charge in [-0.05, 0) is 25.1 Å². The molecule has 0 amide bonds. The topological polar surface area (TPSA) is 75.0 Å². The van der Waals surface area contributed by atoms with Gasteiger partial charge in [-0.3, -0.25) is 4.79 Å². The second kappa shape index (κ2) is 9.39. The highest BCUT2D eigenvalue weighted by Gasteiger charge is 2.24. The number of carbonyl (C=O) groups excluding carboxylic acids is 1. The zero-order valence-electron chi connectivity index (χ0n) is 17.7. The Kier molecular flexibility index (Phi) is 6.22. The number of carbonyl (C=O) groups is 1. The Balaban J connectivity index is 1.71. The van der Waals surface area contributed by atoms with Gasteiger partial charge in [0.2, 0.25) is 11.5 Å². The van der Waals surface area contributed by atoms with Crippen LogP contribution in [0.4, 0.5) is 0 Å². The molecule has 0 spiro atoms. The van der Waals surface area contributed by atoms with Crippen LogP contribution < -0.4 is 14.9 Å². The lowest BCUT2D eigenvalue weighted by Gasteiger charge is -2.18. The van der Waals surface area contributed by atoms with Gasteiger partial charge in [0.05, 0.1) is 24.7 Å². The van der Waals surface area contributed by atoms with Gasteiger partial charge in [0.1, 0.15) is 23.3 Å². The Morgan fingerprint density at radius 3 is 2.47 bits per heavy atom. The molecule has 1 heterocycles. The molecule has 32 heavy (non-hydrogen) atoms. The molecule has 0 saturated carbocycles. The van der Waals surface area contributed by atoms with E-state index in [9.17, 15) is 9.59 Å². The maximum absolute atomic E-state index is 13.1. The van der Waals surface area contributed by atoms with Gasteiger partial charge in [0.15, 0.2) is 0 Å². The molecular weight excluding hydrogens is 408 g/mol. The summed E-state index contributed by atoms with van der Waals surface area (Å²) in [7, 11) is 1.55. The summed E-state index contributed by atoms with van der Waals surface area (Å²) < 4.78 is 22.3. The first-order chi connectivity index (χ1) is 15.6. The summed E-state index contributed by atoms with van der Waals surface area (Å²) in [5, 5.41) is 0.396. The summed E-state index contributed by atoms with van der Waals surface area (Å²) in [4.78, 5) is 25.6. The quantitative estimate of drug-likeness (QED) is 0.378. The molecule has 0 fully saturated rings. The molecule has 0 aliphatic rings. The first-order valence-electron chi connectivity index (χ1n) is 10.2. The summed E-state index contributed by atoms with van der Waals surface area (Å²) in [6.07, 6.45) is 0.472. The van der Waals surface area contributed by atoms with E-state index in [1.807, 2.05) is 30.3 Å². The minimum atomic E-state index is -0.937. The highest BCUT2D eigenvalue weighted by Crippen LogP contribution is 2.30. The van der Waals surface area contributed by atoms with E-state index in [0.29, 0.717) is 39.2 Å². The number of ether oxygens (including phenoxy) is 3. The minimum Gasteiger partial charge on any atom is -0.496 e. The molecule has 0 unspecified atom stereocenters. The average Bonchev–Trinajstić information content (AvgIpc) is 2.83. The van der Waals surface area contributed by atoms with Crippen LogP contribution in [0.25, 0.3) is 22.1 Å². The van der Waals surface area contributed by atoms with E-state index in [4.69, 9.17) is 18.6 Å². The summed E-state index contributed by atoms with van der Waals surface area (Å²) in [5.74, 6) is 0.471. The van der Waals surface area contributed by atoms with Crippen molar-refractivity contribution in [3.63, 3.8) is 0 Å². The monoisotopic (exact) mass is 430 g/mol. The summed E-state index contributed by atoms with van der Waals surface area (Å²) in [5.41, 5.74) is 1.88. The first-order valence-corrected chi connectivity index (χ1v) is 10.2. The van der Waals surface area contributed by atoms with E-state index in [1.165, 1.54) is 6.26 Å². The van der Waals surface area contributed by atoms with E-state index < -0.39 is 12.1 Å². The van der Waals surface area contributed by atoms with Crippen molar-refractivity contribution < 1.29 is 23.4 Å². The van der Waals surface area contributed by atoms with Crippen LogP contribution in [-0.2, 0) is 9.53 Å². The summed E-state index contributed by atoms with van der Waals surface area (Å²) >= 11 is 0. The number of esters is 1. The van der Waals surface area contributed by atoms with Crippen LogP contribution in [0.15, 0.2) is 88.3 Å². The number of para-hydroxylation sites is 1. The van der Waals surface area contributed by atoms with Crippen molar-refractivity contribution in [2.45, 2.75) is 13.0 Å². The Morgan fingerprint density at radius 2 is 1.72 bits per heavy atom. The number of hydrogen-bond donors (Lipinski definition) is 0. The fraction of sp³-hybridized carbons (Fsp3) is 0.154. The SMILES string of the molecule is CCOC(=O)[C@H](Oc1ccc2c(=O)c(-c3ccccc3OC)coc2c1)c1ccccc1. The summed E-state index contributed by atoms with van der Waals surface area (Å²) in [6.45, 7) is 1.98. The lowest BCUT2D eigenvalue weighted by molar-refractivity contribution is -0.151. The van der Waals surface area contributed by atoms with Gasteiger partial charge in [-0.2, -0.15) is 0 Å². The molecule has 6 heteroatoms. The molecule has 0 radical (unpaired) electrons. The van der Waals surface area contributed by atoms with Crippen LogP contribution >= 0.6 is 0 Å². The lowest BCUT2D eigenvalue weighted by atomic mass is 10.0. The fourth-order valence-electron chi connectivity index (χ4n) is 3.47. The Morgan fingerprint density at radius 1 is 0.969 bits per heavy atom. The molecule has 4 rings (SSSR count). The molecule has 4 aromatic rings. The molecule has 0 N–H and O–H groups in total. The molecule has 3 aromatic carbocycles. The van der Waals surface area contributed by atoms with Gasteiger partial charge in [-0.1, -0.05) is 48.5 Å². The zero-order valence-corrected chi connectivity index (χ0v) is 17.7. The van der Waals surface area contributed by atoms with Gasteiger partial charge >= 0.3 is 5.97 Å². The van der Waals surface area contributed by atoms with Crippen molar-refractivity contribution in [3.05, 3.63) is 94.8 Å². The standard InChI is InChI=1S/C26H22O6/c1-3-30-26(28)25(17-9-5-4-6-10-17)32-18-13-14-20-23(15-18)31-16-21(24(20)27)19-11-7-8-12-22(19)29-2/h4-16,25H,3H2,1-2H3/t25-/m1/s1. The molecule has 0 bridgehead atoms. The summed E-state index contributed by atoms with van der Waals surface area (Å²) in [6, 6.07) is 21.2. The van der Waals surface area contributed by atoms with Gasteiger partial charge in [0, 0.05) is 17.2 Å². The number of benzene rings is 3. The van der Waals surface area contributed by atoms with Gasteiger partial charge < -0.3 is 18.6 Å². The third kappa shape index (κ3) is 4.21. The number of hydrogen-bond acceptors (Lipinski definition) is 6. The largest absolute Gasteiger partial charge is 0.496 e. The zero-order chi connectivity index (χ0) is 22.5. The Hall–Kier alpha value is -4.06. The van der Waals surface area contributed by atoms with Crippen molar-refractivity contribution in [2.24, 2.45) is 0 Å². The second-order valence-electron chi connectivity index (χ2n) is 7.00. The predicted octanol–water partition coefficient (Wildman–Crippen LogP) is 5.15. The maximum atomic E-state index is 13.1. The van der Waals surface area contributed by atoms with Crippen LogP contribution in [0.2, 0.25) is 0 Å². The molecule has 6 nitrogen and oxygen atoms in total. The second-order valence-corrected chi connectivity index (χ2v) is 7.00. The van der Waals surface area contributed by atoms with Crippen molar-refractivity contribution in [2.75, 3.05) is 13.7 Å². The van der Waals surface area contributed by atoms with E-state index in [0.717, 1.165) is 0 Å². The normalized spacial score (nSPS) is 11.7. The molecule has 0 saturated heterocycles. The van der Waals surface area contributed by atoms with Crippen LogP contribution in [0.5, 0.6) is 11.5 Å². The van der Waals surface area contributed by atoms with E-state index in [2.05, 4.69) is 0 Å². The van der Waals surface area contributed by atoms with Crippen molar-refractivity contribution >= 4 is 16.9 Å². The van der Waals surface area contributed by atoms with Crippen LogP contribution in [0.1, 0.15) is 18.6 Å². The van der Waals surface area contributed by atoms with Crippen molar-refractivity contribution in [3.8, 4) is 22.6 Å². The molecular formula is C26H22O6. The number of rotatable bonds is 7. The lowest BCUT2D eigenvalue weighted by Crippen LogP contribution is -2.21. The van der Waals surface area contributed by atoms with Crippen LogP contribution in [-0.4, -0.2) is 19.7 Å². The van der Waals surface area contributed by atoms with Gasteiger partial charge in [-0.15, -0.1) is 0 Å². The Bertz CT molecular complexity index is 1290. The Labute approximate surface area is 185 Å².